The van der Waals surface area contributed by atoms with Crippen molar-refractivity contribution in [3.63, 3.8) is 0 Å². The van der Waals surface area contributed by atoms with Crippen molar-refractivity contribution in [3.05, 3.63) is 70.8 Å². The average molecular weight is 374 g/mol. The summed E-state index contributed by atoms with van der Waals surface area (Å²) in [6, 6.07) is 11.6. The number of aromatic nitrogens is 5. The number of hydrogen-bond acceptors (Lipinski definition) is 4. The maximum atomic E-state index is 13.0. The maximum Gasteiger partial charge on any atom is 0.252 e. The Bertz CT molecular complexity index is 1170. The normalized spacial score (nSPS) is 11.1. The molecule has 0 fully saturated rings. The number of amides is 1. The molecule has 0 saturated heterocycles. The van der Waals surface area contributed by atoms with Gasteiger partial charge in [0.25, 0.3) is 5.91 Å². The minimum absolute atomic E-state index is 0.144. The van der Waals surface area contributed by atoms with Crippen molar-refractivity contribution >= 4 is 16.9 Å². The van der Waals surface area contributed by atoms with Crippen molar-refractivity contribution in [3.8, 4) is 5.69 Å². The summed E-state index contributed by atoms with van der Waals surface area (Å²) >= 11 is 0. The van der Waals surface area contributed by atoms with E-state index in [1.807, 2.05) is 64.2 Å². The summed E-state index contributed by atoms with van der Waals surface area (Å²) < 4.78 is 3.59. The first-order chi connectivity index (χ1) is 13.5. The molecule has 0 aliphatic rings. The van der Waals surface area contributed by atoms with E-state index >= 15 is 0 Å². The molecular weight excluding hydrogens is 352 g/mol. The standard InChI is InChI=1S/C21H22N6O/c1-13-10-18(21(28)22-11-16-12-23-26(4)15(16)3)19-14(2)25-27(20(19)24-13)17-8-6-5-7-9-17/h5-10,12H,11H2,1-4H3,(H,22,28). The number of para-hydroxylation sites is 1. The highest BCUT2D eigenvalue weighted by Gasteiger charge is 2.19. The van der Waals surface area contributed by atoms with Crippen molar-refractivity contribution in [2.24, 2.45) is 7.05 Å². The Kier molecular flexibility index (Phi) is 4.43. The number of hydrogen-bond donors (Lipinski definition) is 1. The minimum atomic E-state index is -0.144. The third-order valence-electron chi connectivity index (χ3n) is 4.96. The number of carbonyl (C=O) groups is 1. The molecule has 0 unspecified atom stereocenters. The van der Waals surface area contributed by atoms with Crippen LogP contribution in [-0.2, 0) is 13.6 Å². The maximum absolute atomic E-state index is 13.0. The second-order valence-corrected chi connectivity index (χ2v) is 6.90. The van der Waals surface area contributed by atoms with Crippen LogP contribution in [0.5, 0.6) is 0 Å². The number of aryl methyl sites for hydroxylation is 3. The van der Waals surface area contributed by atoms with E-state index in [-0.39, 0.29) is 5.91 Å². The van der Waals surface area contributed by atoms with Gasteiger partial charge in [-0.25, -0.2) is 9.67 Å². The molecule has 0 saturated carbocycles. The predicted molar refractivity (Wildman–Crippen MR) is 107 cm³/mol. The van der Waals surface area contributed by atoms with E-state index in [0.717, 1.165) is 33.7 Å². The van der Waals surface area contributed by atoms with E-state index < -0.39 is 0 Å². The molecule has 3 heterocycles. The zero-order valence-electron chi connectivity index (χ0n) is 16.4. The number of nitrogens with zero attached hydrogens (tertiary/aromatic N) is 5. The van der Waals surface area contributed by atoms with E-state index in [0.29, 0.717) is 17.8 Å². The van der Waals surface area contributed by atoms with Gasteiger partial charge in [0.2, 0.25) is 0 Å². The Morgan fingerprint density at radius 2 is 1.89 bits per heavy atom. The fourth-order valence-corrected chi connectivity index (χ4v) is 3.33. The van der Waals surface area contributed by atoms with Gasteiger partial charge in [0.15, 0.2) is 5.65 Å². The number of rotatable bonds is 4. The van der Waals surface area contributed by atoms with Gasteiger partial charge in [-0.2, -0.15) is 10.2 Å². The van der Waals surface area contributed by atoms with Gasteiger partial charge in [0.1, 0.15) is 0 Å². The second kappa shape index (κ2) is 6.92. The van der Waals surface area contributed by atoms with E-state index in [4.69, 9.17) is 0 Å². The topological polar surface area (TPSA) is 77.6 Å². The molecule has 0 bridgehead atoms. The van der Waals surface area contributed by atoms with Gasteiger partial charge in [0, 0.05) is 30.5 Å². The number of carbonyl (C=O) groups excluding carboxylic acids is 1. The molecule has 1 N–H and O–H groups in total. The molecule has 0 atom stereocenters. The van der Waals surface area contributed by atoms with Crippen molar-refractivity contribution in [1.29, 1.82) is 0 Å². The molecule has 142 valence electrons. The first-order valence-electron chi connectivity index (χ1n) is 9.13. The fourth-order valence-electron chi connectivity index (χ4n) is 3.33. The van der Waals surface area contributed by atoms with E-state index in [9.17, 15) is 4.79 Å². The third-order valence-corrected chi connectivity index (χ3v) is 4.96. The van der Waals surface area contributed by atoms with Crippen LogP contribution < -0.4 is 5.32 Å². The van der Waals surface area contributed by atoms with Crippen LogP contribution in [0, 0.1) is 20.8 Å². The zero-order chi connectivity index (χ0) is 19.8. The summed E-state index contributed by atoms with van der Waals surface area (Å²) in [7, 11) is 1.89. The van der Waals surface area contributed by atoms with Gasteiger partial charge in [-0.1, -0.05) is 18.2 Å². The third kappa shape index (κ3) is 3.05. The SMILES string of the molecule is Cc1cc(C(=O)NCc2cnn(C)c2C)c2c(C)nn(-c3ccccc3)c2n1. The highest BCUT2D eigenvalue weighted by atomic mass is 16.1. The number of pyridine rings is 1. The van der Waals surface area contributed by atoms with Gasteiger partial charge < -0.3 is 5.32 Å². The van der Waals surface area contributed by atoms with Crippen LogP contribution >= 0.6 is 0 Å². The van der Waals surface area contributed by atoms with Crippen molar-refractivity contribution in [2.45, 2.75) is 27.3 Å². The van der Waals surface area contributed by atoms with Gasteiger partial charge in [-0.15, -0.1) is 0 Å². The number of nitrogens with one attached hydrogen (secondary N) is 1. The first kappa shape index (κ1) is 17.9. The van der Waals surface area contributed by atoms with Crippen molar-refractivity contribution in [1.82, 2.24) is 29.9 Å². The first-order valence-corrected chi connectivity index (χ1v) is 9.13. The summed E-state index contributed by atoms with van der Waals surface area (Å²) in [5, 5.41) is 12.6. The molecule has 7 nitrogen and oxygen atoms in total. The van der Waals surface area contributed by atoms with E-state index in [1.165, 1.54) is 0 Å². The quantitative estimate of drug-likeness (QED) is 0.596. The van der Waals surface area contributed by atoms with Crippen LogP contribution in [0.3, 0.4) is 0 Å². The fraction of sp³-hybridized carbons (Fsp3) is 0.238. The van der Waals surface area contributed by atoms with Crippen LogP contribution in [-0.4, -0.2) is 30.5 Å². The summed E-state index contributed by atoms with van der Waals surface area (Å²) in [5.41, 5.74) is 5.76. The Morgan fingerprint density at radius 1 is 1.14 bits per heavy atom. The molecule has 4 rings (SSSR count). The predicted octanol–water partition coefficient (Wildman–Crippen LogP) is 3.01. The Hall–Kier alpha value is -3.48. The molecule has 0 aliphatic carbocycles. The summed E-state index contributed by atoms with van der Waals surface area (Å²) in [6.45, 7) is 6.20. The lowest BCUT2D eigenvalue weighted by molar-refractivity contribution is 0.0952. The van der Waals surface area contributed by atoms with Crippen molar-refractivity contribution < 1.29 is 4.79 Å². The van der Waals surface area contributed by atoms with Crippen LogP contribution in [0.2, 0.25) is 0 Å². The van der Waals surface area contributed by atoms with Gasteiger partial charge >= 0.3 is 0 Å². The summed E-state index contributed by atoms with van der Waals surface area (Å²) in [5.74, 6) is -0.144. The Labute approximate surface area is 163 Å². The average Bonchev–Trinajstić information content (AvgIpc) is 3.19. The summed E-state index contributed by atoms with van der Waals surface area (Å²) in [6.07, 6.45) is 1.78. The molecule has 0 radical (unpaired) electrons. The molecule has 1 aromatic carbocycles. The number of benzene rings is 1. The highest BCUT2D eigenvalue weighted by molar-refractivity contribution is 6.06. The van der Waals surface area contributed by atoms with Crippen LogP contribution in [0.1, 0.15) is 33.0 Å². The van der Waals surface area contributed by atoms with Crippen LogP contribution in [0.25, 0.3) is 16.7 Å². The van der Waals surface area contributed by atoms with Gasteiger partial charge in [-0.05, 0) is 39.0 Å². The van der Waals surface area contributed by atoms with Crippen LogP contribution in [0.15, 0.2) is 42.6 Å². The lowest BCUT2D eigenvalue weighted by Crippen LogP contribution is -2.23. The molecular formula is C21H22N6O. The molecule has 3 aromatic heterocycles. The highest BCUT2D eigenvalue weighted by Crippen LogP contribution is 2.25. The molecule has 28 heavy (non-hydrogen) atoms. The largest absolute Gasteiger partial charge is 0.348 e. The molecule has 0 aliphatic heterocycles. The monoisotopic (exact) mass is 374 g/mol. The van der Waals surface area contributed by atoms with E-state index in [2.05, 4.69) is 20.5 Å². The Morgan fingerprint density at radius 3 is 2.57 bits per heavy atom. The van der Waals surface area contributed by atoms with Gasteiger partial charge in [0.05, 0.1) is 28.5 Å². The zero-order valence-corrected chi connectivity index (χ0v) is 16.4. The molecule has 7 heteroatoms. The molecule has 0 spiro atoms. The Balaban J connectivity index is 1.74. The summed E-state index contributed by atoms with van der Waals surface area (Å²) in [4.78, 5) is 17.7. The number of fused-ring (bicyclic) bond motifs is 1. The second-order valence-electron chi connectivity index (χ2n) is 6.90. The molecule has 1 amide bonds. The smallest absolute Gasteiger partial charge is 0.252 e. The lowest BCUT2D eigenvalue weighted by atomic mass is 10.1. The lowest BCUT2D eigenvalue weighted by Gasteiger charge is -2.08. The van der Waals surface area contributed by atoms with Gasteiger partial charge in [-0.3, -0.25) is 9.48 Å². The van der Waals surface area contributed by atoms with Crippen molar-refractivity contribution in [2.75, 3.05) is 0 Å². The minimum Gasteiger partial charge on any atom is -0.348 e. The van der Waals surface area contributed by atoms with E-state index in [1.54, 1.807) is 15.6 Å². The molecule has 4 aromatic rings. The van der Waals surface area contributed by atoms with Crippen LogP contribution in [0.4, 0.5) is 0 Å².